The van der Waals surface area contributed by atoms with Crippen LogP contribution in [0.1, 0.15) is 10.4 Å². The van der Waals surface area contributed by atoms with E-state index >= 15 is 0 Å². The molecule has 0 aliphatic carbocycles. The molecule has 4 heteroatoms. The van der Waals surface area contributed by atoms with Gasteiger partial charge in [0.2, 0.25) is 0 Å². The zero-order valence-electron chi connectivity index (χ0n) is 6.77. The monoisotopic (exact) mass is 190 g/mol. The maximum absolute atomic E-state index is 11.0. The van der Waals surface area contributed by atoms with Crippen LogP contribution in [-0.2, 0) is 0 Å². The van der Waals surface area contributed by atoms with E-state index in [9.17, 15) is 4.79 Å². The summed E-state index contributed by atoms with van der Waals surface area (Å²) in [4.78, 5) is 19.2. The Bertz CT molecular complexity index is 470. The van der Waals surface area contributed by atoms with Gasteiger partial charge >= 0.3 is 0 Å². The summed E-state index contributed by atoms with van der Waals surface area (Å²) in [7, 11) is 2.14. The van der Waals surface area contributed by atoms with Gasteiger partial charge in [-0.2, -0.15) is 0 Å². The number of hydrogen-bond acceptors (Lipinski definition) is 3. The Morgan fingerprint density at radius 3 is 2.54 bits per heavy atom. The molecule has 2 rings (SSSR count). The van der Waals surface area contributed by atoms with Crippen LogP contribution in [0, 0.1) is 0 Å². The Morgan fingerprint density at radius 2 is 1.85 bits per heavy atom. The maximum Gasteiger partial charge on any atom is 0.178 e. The van der Waals surface area contributed by atoms with E-state index in [4.69, 9.17) is 0 Å². The molecule has 0 spiro atoms. The normalized spacial score (nSPS) is 10.2. The van der Waals surface area contributed by atoms with Crippen molar-refractivity contribution >= 4 is 25.8 Å². The van der Waals surface area contributed by atoms with Gasteiger partial charge in [0.05, 0.1) is 11.0 Å². The molecule has 0 radical (unpaired) electrons. The lowest BCUT2D eigenvalue weighted by Crippen LogP contribution is -1.89. The highest BCUT2D eigenvalue weighted by atomic mass is 31.0. The third-order valence-electron chi connectivity index (χ3n) is 1.75. The molecule has 0 fully saturated rings. The topological polar surface area (TPSA) is 42.9 Å². The first-order chi connectivity index (χ1) is 6.27. The van der Waals surface area contributed by atoms with Gasteiger partial charge in [-0.25, -0.2) is 0 Å². The minimum absolute atomic E-state index is 0.0347. The van der Waals surface area contributed by atoms with Crippen molar-refractivity contribution in [3.63, 3.8) is 0 Å². The first kappa shape index (κ1) is 8.27. The molecule has 1 aromatic carbocycles. The molecule has 0 saturated heterocycles. The van der Waals surface area contributed by atoms with Crippen LogP contribution in [0.15, 0.2) is 30.6 Å². The summed E-state index contributed by atoms with van der Waals surface area (Å²) >= 11 is 0. The highest BCUT2D eigenvalue weighted by Crippen LogP contribution is 2.12. The number of carbonyl (C=O) groups is 1. The summed E-state index contributed by atoms with van der Waals surface area (Å²) in [6.45, 7) is 0. The van der Waals surface area contributed by atoms with Gasteiger partial charge in [-0.1, -0.05) is 9.24 Å². The lowest BCUT2D eigenvalue weighted by Gasteiger charge is -1.97. The van der Waals surface area contributed by atoms with Gasteiger partial charge in [0.25, 0.3) is 0 Å². The van der Waals surface area contributed by atoms with Crippen molar-refractivity contribution in [2.24, 2.45) is 0 Å². The molecule has 0 N–H and O–H groups in total. The molecule has 13 heavy (non-hydrogen) atoms. The number of benzene rings is 1. The molecule has 1 aromatic heterocycles. The highest BCUT2D eigenvalue weighted by molar-refractivity contribution is 7.41. The molecular weight excluding hydrogens is 183 g/mol. The largest absolute Gasteiger partial charge is 0.290 e. The molecule has 0 saturated carbocycles. The molecule has 3 nitrogen and oxygen atoms in total. The maximum atomic E-state index is 11.0. The van der Waals surface area contributed by atoms with E-state index in [1.165, 1.54) is 0 Å². The van der Waals surface area contributed by atoms with Crippen molar-refractivity contribution in [2.45, 2.75) is 0 Å². The number of hydrogen-bond donors (Lipinski definition) is 0. The molecule has 0 aliphatic heterocycles. The zero-order valence-corrected chi connectivity index (χ0v) is 7.92. The summed E-state index contributed by atoms with van der Waals surface area (Å²) in [6, 6.07) is 5.27. The van der Waals surface area contributed by atoms with Gasteiger partial charge in [-0.05, 0) is 18.2 Å². The smallest absolute Gasteiger partial charge is 0.178 e. The average Bonchev–Trinajstić information content (AvgIpc) is 2.17. The van der Waals surface area contributed by atoms with Crippen LogP contribution in [-0.4, -0.2) is 15.5 Å². The third kappa shape index (κ3) is 1.56. The Labute approximate surface area is 77.4 Å². The molecule has 2 aromatic rings. The van der Waals surface area contributed by atoms with Crippen LogP contribution in [0.4, 0.5) is 0 Å². The van der Waals surface area contributed by atoms with E-state index in [1.54, 1.807) is 30.6 Å². The average molecular weight is 190 g/mol. The quantitative estimate of drug-likeness (QED) is 0.642. The predicted octanol–water partition coefficient (Wildman–Crippen LogP) is 1.65. The third-order valence-corrected chi connectivity index (χ3v) is 2.09. The van der Waals surface area contributed by atoms with Gasteiger partial charge < -0.3 is 0 Å². The second-order valence-corrected chi connectivity index (χ2v) is 3.15. The SMILES string of the molecule is O=C(P)c1ccc2nccnc2c1. The van der Waals surface area contributed by atoms with Crippen LogP contribution < -0.4 is 0 Å². The van der Waals surface area contributed by atoms with Crippen molar-refractivity contribution < 1.29 is 4.79 Å². The zero-order chi connectivity index (χ0) is 9.26. The molecular formula is C9H7N2OP. The molecule has 1 atom stereocenters. The highest BCUT2D eigenvalue weighted by Gasteiger charge is 2.01. The minimum atomic E-state index is -0.0347. The number of rotatable bonds is 1. The summed E-state index contributed by atoms with van der Waals surface area (Å²) < 4.78 is 0. The van der Waals surface area contributed by atoms with Crippen LogP contribution in [0.25, 0.3) is 11.0 Å². The van der Waals surface area contributed by atoms with Crippen molar-refractivity contribution in [1.29, 1.82) is 0 Å². The Balaban J connectivity index is 2.69. The van der Waals surface area contributed by atoms with Crippen LogP contribution in [0.3, 0.4) is 0 Å². The standard InChI is InChI=1S/C9H7N2OP/c12-9(13)6-1-2-7-8(5-6)11-4-3-10-7/h1-5H,13H2. The first-order valence-electron chi connectivity index (χ1n) is 3.78. The van der Waals surface area contributed by atoms with Crippen LogP contribution in [0.2, 0.25) is 0 Å². The summed E-state index contributed by atoms with van der Waals surface area (Å²) in [5.74, 6) is 0. The van der Waals surface area contributed by atoms with Gasteiger partial charge in [0, 0.05) is 18.0 Å². The van der Waals surface area contributed by atoms with Gasteiger partial charge in [-0.3, -0.25) is 14.8 Å². The van der Waals surface area contributed by atoms with E-state index in [0.29, 0.717) is 5.56 Å². The lowest BCUT2D eigenvalue weighted by molar-refractivity contribution is 0.108. The summed E-state index contributed by atoms with van der Waals surface area (Å²) in [5.41, 5.74) is 2.15. The van der Waals surface area contributed by atoms with Gasteiger partial charge in [0.15, 0.2) is 5.52 Å². The minimum Gasteiger partial charge on any atom is -0.290 e. The van der Waals surface area contributed by atoms with Crippen LogP contribution >= 0.6 is 9.24 Å². The van der Waals surface area contributed by atoms with E-state index in [1.807, 2.05) is 0 Å². The van der Waals surface area contributed by atoms with E-state index in [2.05, 4.69) is 19.2 Å². The molecule has 1 unspecified atom stereocenters. The van der Waals surface area contributed by atoms with Crippen LogP contribution in [0.5, 0.6) is 0 Å². The molecule has 1 heterocycles. The summed E-state index contributed by atoms with van der Waals surface area (Å²) in [6.07, 6.45) is 3.24. The fourth-order valence-electron chi connectivity index (χ4n) is 1.12. The van der Waals surface area contributed by atoms with Crippen molar-refractivity contribution in [2.75, 3.05) is 0 Å². The molecule has 64 valence electrons. The van der Waals surface area contributed by atoms with E-state index in [0.717, 1.165) is 11.0 Å². The van der Waals surface area contributed by atoms with E-state index < -0.39 is 0 Å². The number of aromatic nitrogens is 2. The molecule has 0 bridgehead atoms. The first-order valence-corrected chi connectivity index (χ1v) is 4.36. The second kappa shape index (κ2) is 3.19. The number of fused-ring (bicyclic) bond motifs is 1. The lowest BCUT2D eigenvalue weighted by atomic mass is 10.2. The molecule has 0 amide bonds. The van der Waals surface area contributed by atoms with E-state index in [-0.39, 0.29) is 5.52 Å². The fourth-order valence-corrected chi connectivity index (χ4v) is 1.30. The van der Waals surface area contributed by atoms with Gasteiger partial charge in [-0.15, -0.1) is 0 Å². The van der Waals surface area contributed by atoms with Crippen molar-refractivity contribution in [3.05, 3.63) is 36.2 Å². The Hall–Kier alpha value is -1.34. The second-order valence-electron chi connectivity index (χ2n) is 2.62. The molecule has 0 aliphatic rings. The van der Waals surface area contributed by atoms with Gasteiger partial charge in [0.1, 0.15) is 0 Å². The number of nitrogens with zero attached hydrogens (tertiary/aromatic N) is 2. The predicted molar refractivity (Wildman–Crippen MR) is 53.6 cm³/mol. The van der Waals surface area contributed by atoms with Crippen molar-refractivity contribution in [1.82, 2.24) is 9.97 Å². The Kier molecular flexibility index (Phi) is 2.03. The Morgan fingerprint density at radius 1 is 1.15 bits per heavy atom. The fraction of sp³-hybridized carbons (Fsp3) is 0. The van der Waals surface area contributed by atoms with Crippen molar-refractivity contribution in [3.8, 4) is 0 Å². The summed E-state index contributed by atoms with van der Waals surface area (Å²) in [5, 5.41) is 0. The number of carbonyl (C=O) groups excluding carboxylic acids is 1.